The molecule has 2 amide bonds. The van der Waals surface area contributed by atoms with Crippen molar-refractivity contribution in [3.05, 3.63) is 23.5 Å². The van der Waals surface area contributed by atoms with E-state index in [2.05, 4.69) is 25.2 Å². The molecule has 2 aliphatic heterocycles. The molecule has 0 aliphatic carbocycles. The predicted octanol–water partition coefficient (Wildman–Crippen LogP) is 2.71. The van der Waals surface area contributed by atoms with Gasteiger partial charge < -0.3 is 14.0 Å². The molecule has 134 valence electrons. The second kappa shape index (κ2) is 6.85. The number of nitrogens with zero attached hydrogens (tertiary/aromatic N) is 5. The number of nitrogens with one attached hydrogen (secondary N) is 1. The molecule has 1 N–H and O–H groups in total. The van der Waals surface area contributed by atoms with Gasteiger partial charge in [0.25, 0.3) is 0 Å². The van der Waals surface area contributed by atoms with Crippen LogP contribution >= 0.6 is 0 Å². The van der Waals surface area contributed by atoms with Gasteiger partial charge in [-0.2, -0.15) is 0 Å². The van der Waals surface area contributed by atoms with Crippen LogP contribution in [-0.2, 0) is 13.0 Å². The Morgan fingerprint density at radius 1 is 1.24 bits per heavy atom. The van der Waals surface area contributed by atoms with Gasteiger partial charge in [0.2, 0.25) is 0 Å². The Morgan fingerprint density at radius 3 is 3.00 bits per heavy atom. The summed E-state index contributed by atoms with van der Waals surface area (Å²) in [5.41, 5.74) is 0. The number of fused-ring (bicyclic) bond motifs is 1. The topological polar surface area (TPSA) is 89.1 Å². The quantitative estimate of drug-likeness (QED) is 0.905. The average Bonchev–Trinajstić information content (AvgIpc) is 3.14. The molecule has 0 bridgehead atoms. The molecule has 8 nitrogen and oxygen atoms in total. The summed E-state index contributed by atoms with van der Waals surface area (Å²) < 4.78 is 7.29. The van der Waals surface area contributed by atoms with Crippen LogP contribution in [0.1, 0.15) is 55.4 Å². The largest absolute Gasteiger partial charge is 0.360 e. The molecule has 0 saturated carbocycles. The number of aromatic nitrogens is 4. The van der Waals surface area contributed by atoms with E-state index in [0.29, 0.717) is 18.1 Å². The maximum absolute atomic E-state index is 12.5. The first-order chi connectivity index (χ1) is 12.2. The highest BCUT2D eigenvalue weighted by atomic mass is 16.5. The van der Waals surface area contributed by atoms with E-state index in [9.17, 15) is 4.79 Å². The van der Waals surface area contributed by atoms with E-state index in [0.717, 1.165) is 44.0 Å². The van der Waals surface area contributed by atoms with Crippen molar-refractivity contribution in [2.45, 2.75) is 57.9 Å². The monoisotopic (exact) mass is 344 g/mol. The minimum Gasteiger partial charge on any atom is -0.360 e. The number of carbonyl (C=O) groups is 1. The van der Waals surface area contributed by atoms with Gasteiger partial charge in [0.1, 0.15) is 17.4 Å². The zero-order chi connectivity index (χ0) is 17.2. The summed E-state index contributed by atoms with van der Waals surface area (Å²) in [6.45, 7) is 4.22. The van der Waals surface area contributed by atoms with Crippen LogP contribution < -0.4 is 5.32 Å². The van der Waals surface area contributed by atoms with Gasteiger partial charge in [-0.3, -0.25) is 5.32 Å². The fraction of sp³-hybridized carbons (Fsp3) is 0.647. The summed E-state index contributed by atoms with van der Waals surface area (Å²) in [5, 5.41) is 15.5. The molecule has 1 saturated heterocycles. The van der Waals surface area contributed by atoms with E-state index in [-0.39, 0.29) is 11.9 Å². The summed E-state index contributed by atoms with van der Waals surface area (Å²) >= 11 is 0. The molecule has 1 unspecified atom stereocenters. The van der Waals surface area contributed by atoms with Crippen molar-refractivity contribution in [2.24, 2.45) is 0 Å². The molecule has 0 spiro atoms. The first-order valence-corrected chi connectivity index (χ1v) is 9.12. The third-order valence-corrected chi connectivity index (χ3v) is 5.07. The molecule has 2 aromatic rings. The lowest BCUT2D eigenvalue weighted by atomic mass is 9.97. The summed E-state index contributed by atoms with van der Waals surface area (Å²) in [4.78, 5) is 14.4. The lowest BCUT2D eigenvalue weighted by Gasteiger charge is -2.32. The van der Waals surface area contributed by atoms with Crippen molar-refractivity contribution >= 4 is 11.8 Å². The van der Waals surface area contributed by atoms with Crippen LogP contribution in [0.4, 0.5) is 10.6 Å². The van der Waals surface area contributed by atoms with Crippen LogP contribution in [0.3, 0.4) is 0 Å². The number of aryl methyl sites for hydroxylation is 2. The smallest absolute Gasteiger partial charge is 0.323 e. The lowest BCUT2D eigenvalue weighted by molar-refractivity contribution is 0.190. The summed E-state index contributed by atoms with van der Waals surface area (Å²) in [5.74, 6) is 3.54. The zero-order valence-electron chi connectivity index (χ0n) is 14.6. The van der Waals surface area contributed by atoms with E-state index in [1.807, 2.05) is 4.90 Å². The Morgan fingerprint density at radius 2 is 2.16 bits per heavy atom. The number of hydrogen-bond acceptors (Lipinski definition) is 5. The Balaban J connectivity index is 1.46. The van der Waals surface area contributed by atoms with Crippen molar-refractivity contribution in [3.63, 3.8) is 0 Å². The van der Waals surface area contributed by atoms with Crippen molar-refractivity contribution in [2.75, 3.05) is 18.4 Å². The third kappa shape index (κ3) is 3.38. The average molecular weight is 344 g/mol. The molecule has 1 atom stereocenters. The number of piperidine rings is 1. The normalized spacial score (nSPS) is 20.8. The summed E-state index contributed by atoms with van der Waals surface area (Å²) in [7, 11) is 0. The van der Waals surface area contributed by atoms with Crippen molar-refractivity contribution in [1.82, 2.24) is 24.8 Å². The fourth-order valence-corrected chi connectivity index (χ4v) is 3.80. The third-order valence-electron chi connectivity index (χ3n) is 5.07. The number of hydrogen-bond donors (Lipinski definition) is 1. The van der Waals surface area contributed by atoms with Crippen molar-refractivity contribution < 1.29 is 9.32 Å². The molecular weight excluding hydrogens is 320 g/mol. The number of anilines is 1. The van der Waals surface area contributed by atoms with Crippen LogP contribution in [-0.4, -0.2) is 43.9 Å². The van der Waals surface area contributed by atoms with Crippen LogP contribution in [0.15, 0.2) is 10.6 Å². The van der Waals surface area contributed by atoms with Crippen molar-refractivity contribution in [3.8, 4) is 0 Å². The van der Waals surface area contributed by atoms with Gasteiger partial charge in [-0.25, -0.2) is 4.79 Å². The zero-order valence-corrected chi connectivity index (χ0v) is 14.6. The van der Waals surface area contributed by atoms with Gasteiger partial charge in [0.05, 0.1) is 0 Å². The Hall–Kier alpha value is -2.38. The van der Waals surface area contributed by atoms with Gasteiger partial charge in [-0.15, -0.1) is 10.2 Å². The van der Waals surface area contributed by atoms with Gasteiger partial charge in [-0.1, -0.05) is 11.6 Å². The lowest BCUT2D eigenvalue weighted by Crippen LogP contribution is -2.42. The highest BCUT2D eigenvalue weighted by molar-refractivity contribution is 5.88. The van der Waals surface area contributed by atoms with E-state index < -0.39 is 0 Å². The SMILES string of the molecule is Cc1cc(NC(=O)N2CCCC(c3nnc4n3CCCCC4)C2)no1. The number of carbonyl (C=O) groups excluding carboxylic acids is 1. The van der Waals surface area contributed by atoms with E-state index in [4.69, 9.17) is 4.52 Å². The maximum Gasteiger partial charge on any atom is 0.323 e. The minimum atomic E-state index is -0.131. The molecule has 1 fully saturated rings. The molecule has 4 heterocycles. The predicted molar refractivity (Wildman–Crippen MR) is 91.4 cm³/mol. The molecule has 0 aromatic carbocycles. The molecule has 0 radical (unpaired) electrons. The number of likely N-dealkylation sites (tertiary alicyclic amines) is 1. The molecule has 25 heavy (non-hydrogen) atoms. The van der Waals surface area contributed by atoms with Crippen LogP contribution in [0.2, 0.25) is 0 Å². The van der Waals surface area contributed by atoms with Gasteiger partial charge in [0.15, 0.2) is 5.82 Å². The Bertz CT molecular complexity index is 752. The second-order valence-electron chi connectivity index (χ2n) is 6.97. The molecule has 2 aliphatic rings. The van der Waals surface area contributed by atoms with Crippen LogP contribution in [0.5, 0.6) is 0 Å². The second-order valence-corrected chi connectivity index (χ2v) is 6.97. The summed E-state index contributed by atoms with van der Waals surface area (Å²) in [6, 6.07) is 1.59. The van der Waals surface area contributed by atoms with Crippen LogP contribution in [0, 0.1) is 6.92 Å². The van der Waals surface area contributed by atoms with Crippen molar-refractivity contribution in [1.29, 1.82) is 0 Å². The van der Waals surface area contributed by atoms with Gasteiger partial charge in [-0.05, 0) is 32.6 Å². The molecule has 4 rings (SSSR count). The molecular formula is C17H24N6O2. The Labute approximate surface area is 146 Å². The highest BCUT2D eigenvalue weighted by Gasteiger charge is 2.29. The van der Waals surface area contributed by atoms with Crippen LogP contribution in [0.25, 0.3) is 0 Å². The fourth-order valence-electron chi connectivity index (χ4n) is 3.80. The van der Waals surface area contributed by atoms with E-state index in [1.165, 1.54) is 19.3 Å². The molecule has 2 aromatic heterocycles. The van der Waals surface area contributed by atoms with Gasteiger partial charge >= 0.3 is 6.03 Å². The minimum absolute atomic E-state index is 0.131. The first kappa shape index (κ1) is 16.1. The van der Waals surface area contributed by atoms with Gasteiger partial charge in [0, 0.05) is 38.0 Å². The number of amides is 2. The molecule has 8 heteroatoms. The maximum atomic E-state index is 12.5. The number of urea groups is 1. The first-order valence-electron chi connectivity index (χ1n) is 9.12. The standard InChI is InChI=1S/C17H24N6O2/c1-12-10-14(21-25-12)18-17(24)22-8-5-6-13(11-22)16-20-19-15-7-3-2-4-9-23(15)16/h10,13H,2-9,11H2,1H3,(H,18,21,24). The Kier molecular flexibility index (Phi) is 4.42. The van der Waals surface area contributed by atoms with E-state index in [1.54, 1.807) is 13.0 Å². The number of rotatable bonds is 2. The summed E-state index contributed by atoms with van der Waals surface area (Å²) in [6.07, 6.45) is 6.65. The van der Waals surface area contributed by atoms with E-state index >= 15 is 0 Å². The highest BCUT2D eigenvalue weighted by Crippen LogP contribution is 2.28.